The van der Waals surface area contributed by atoms with Crippen LogP contribution in [0.5, 0.6) is 0 Å². The Morgan fingerprint density at radius 2 is 2.33 bits per heavy atom. The van der Waals surface area contributed by atoms with E-state index in [1.807, 2.05) is 13.1 Å². The zero-order valence-electron chi connectivity index (χ0n) is 9.48. The highest BCUT2D eigenvalue weighted by Gasteiger charge is 2.39. The van der Waals surface area contributed by atoms with Gasteiger partial charge < -0.3 is 5.11 Å². The van der Waals surface area contributed by atoms with Crippen LogP contribution in [0.15, 0.2) is 18.3 Å². The molecule has 1 heterocycles. The zero-order valence-corrected chi connectivity index (χ0v) is 9.48. The molecule has 15 heavy (non-hydrogen) atoms. The van der Waals surface area contributed by atoms with Gasteiger partial charge in [-0.05, 0) is 48.8 Å². The average Bonchev–Trinajstić information content (AvgIpc) is 2.18. The molecule has 2 nitrogen and oxygen atoms in total. The van der Waals surface area contributed by atoms with Crippen LogP contribution in [0.2, 0.25) is 0 Å². The molecule has 0 spiro atoms. The first-order valence-corrected chi connectivity index (χ1v) is 5.79. The maximum absolute atomic E-state index is 9.37. The lowest BCUT2D eigenvalue weighted by molar-refractivity contribution is 0.0592. The standard InChI is InChI=1S/C13H19NO/c1-3-10-7-12(13(10)8-15)11-4-5-14-9(2)6-11/h4-6,10,12-13,15H,3,7-8H2,1-2H3/t10-,12-,13+/m0/s1. The summed E-state index contributed by atoms with van der Waals surface area (Å²) in [5.74, 6) is 1.74. The van der Waals surface area contributed by atoms with Crippen molar-refractivity contribution in [2.24, 2.45) is 11.8 Å². The summed E-state index contributed by atoms with van der Waals surface area (Å²) in [5, 5.41) is 9.37. The second-order valence-corrected chi connectivity index (χ2v) is 4.59. The van der Waals surface area contributed by atoms with Crippen LogP contribution in [0.1, 0.15) is 36.9 Å². The topological polar surface area (TPSA) is 33.1 Å². The van der Waals surface area contributed by atoms with Crippen molar-refractivity contribution >= 4 is 0 Å². The van der Waals surface area contributed by atoms with Gasteiger partial charge in [-0.3, -0.25) is 4.98 Å². The minimum absolute atomic E-state index is 0.324. The number of aryl methyl sites for hydroxylation is 1. The molecule has 0 radical (unpaired) electrons. The summed E-state index contributed by atoms with van der Waals surface area (Å²) in [5.41, 5.74) is 2.43. The van der Waals surface area contributed by atoms with Crippen LogP contribution < -0.4 is 0 Å². The van der Waals surface area contributed by atoms with Gasteiger partial charge in [-0.25, -0.2) is 0 Å². The first-order chi connectivity index (χ1) is 7.26. The molecule has 3 atom stereocenters. The monoisotopic (exact) mass is 205 g/mol. The Morgan fingerprint density at radius 1 is 1.53 bits per heavy atom. The zero-order chi connectivity index (χ0) is 10.8. The van der Waals surface area contributed by atoms with Gasteiger partial charge >= 0.3 is 0 Å². The molecule has 2 rings (SSSR count). The van der Waals surface area contributed by atoms with Crippen LogP contribution in [0.3, 0.4) is 0 Å². The highest BCUT2D eigenvalue weighted by atomic mass is 16.3. The second-order valence-electron chi connectivity index (χ2n) is 4.59. The third-order valence-corrected chi connectivity index (χ3v) is 3.76. The third kappa shape index (κ3) is 1.91. The molecule has 1 saturated carbocycles. The van der Waals surface area contributed by atoms with Crippen molar-refractivity contribution in [1.82, 2.24) is 4.98 Å². The Labute approximate surface area is 91.4 Å². The quantitative estimate of drug-likeness (QED) is 0.822. The van der Waals surface area contributed by atoms with Crippen molar-refractivity contribution in [1.29, 1.82) is 0 Å². The average molecular weight is 205 g/mol. The van der Waals surface area contributed by atoms with Crippen molar-refractivity contribution in [3.63, 3.8) is 0 Å². The Hall–Kier alpha value is -0.890. The molecule has 0 unspecified atom stereocenters. The number of rotatable bonds is 3. The number of pyridine rings is 1. The summed E-state index contributed by atoms with van der Waals surface area (Å²) in [6.07, 6.45) is 4.29. The fourth-order valence-corrected chi connectivity index (χ4v) is 2.74. The van der Waals surface area contributed by atoms with Crippen molar-refractivity contribution < 1.29 is 5.11 Å². The van der Waals surface area contributed by atoms with E-state index >= 15 is 0 Å². The number of aliphatic hydroxyl groups excluding tert-OH is 1. The van der Waals surface area contributed by atoms with E-state index in [2.05, 4.69) is 24.0 Å². The molecule has 1 aromatic heterocycles. The molecule has 1 aromatic rings. The number of hydrogen-bond donors (Lipinski definition) is 1. The van der Waals surface area contributed by atoms with Gasteiger partial charge in [0.1, 0.15) is 0 Å². The molecular weight excluding hydrogens is 186 g/mol. The number of aliphatic hydroxyl groups is 1. The Kier molecular flexibility index (Phi) is 3.06. The van der Waals surface area contributed by atoms with E-state index in [1.54, 1.807) is 0 Å². The van der Waals surface area contributed by atoms with Gasteiger partial charge in [-0.2, -0.15) is 0 Å². The van der Waals surface area contributed by atoms with Gasteiger partial charge in [0.25, 0.3) is 0 Å². The minimum atomic E-state index is 0.324. The summed E-state index contributed by atoms with van der Waals surface area (Å²) in [4.78, 5) is 4.21. The van der Waals surface area contributed by atoms with E-state index in [9.17, 15) is 5.11 Å². The van der Waals surface area contributed by atoms with Crippen LogP contribution in [-0.4, -0.2) is 16.7 Å². The van der Waals surface area contributed by atoms with Gasteiger partial charge in [0.05, 0.1) is 0 Å². The molecule has 1 aliphatic carbocycles. The summed E-state index contributed by atoms with van der Waals surface area (Å²) in [6.45, 7) is 4.55. The Balaban J connectivity index is 2.13. The van der Waals surface area contributed by atoms with E-state index < -0.39 is 0 Å². The van der Waals surface area contributed by atoms with Gasteiger partial charge in [0.2, 0.25) is 0 Å². The molecule has 0 saturated heterocycles. The lowest BCUT2D eigenvalue weighted by atomic mass is 9.61. The number of nitrogens with zero attached hydrogens (tertiary/aromatic N) is 1. The maximum Gasteiger partial charge on any atom is 0.0467 e. The van der Waals surface area contributed by atoms with E-state index in [0.717, 1.165) is 5.69 Å². The summed E-state index contributed by atoms with van der Waals surface area (Å²) < 4.78 is 0. The normalized spacial score (nSPS) is 29.9. The Bertz CT molecular complexity index is 337. The predicted octanol–water partition coefficient (Wildman–Crippen LogP) is 2.51. The Morgan fingerprint density at radius 3 is 2.93 bits per heavy atom. The fraction of sp³-hybridized carbons (Fsp3) is 0.615. The first-order valence-electron chi connectivity index (χ1n) is 5.79. The smallest absolute Gasteiger partial charge is 0.0467 e. The van der Waals surface area contributed by atoms with Crippen LogP contribution in [-0.2, 0) is 0 Å². The van der Waals surface area contributed by atoms with Crippen molar-refractivity contribution in [2.45, 2.75) is 32.6 Å². The lowest BCUT2D eigenvalue weighted by Crippen LogP contribution is -2.37. The summed E-state index contributed by atoms with van der Waals surface area (Å²) >= 11 is 0. The van der Waals surface area contributed by atoms with Crippen LogP contribution in [0, 0.1) is 18.8 Å². The highest BCUT2D eigenvalue weighted by molar-refractivity contribution is 5.24. The predicted molar refractivity (Wildman–Crippen MR) is 60.7 cm³/mol. The molecular formula is C13H19NO. The fourth-order valence-electron chi connectivity index (χ4n) is 2.74. The molecule has 1 N–H and O–H groups in total. The van der Waals surface area contributed by atoms with E-state index in [4.69, 9.17) is 0 Å². The van der Waals surface area contributed by atoms with Crippen molar-refractivity contribution in [3.8, 4) is 0 Å². The summed E-state index contributed by atoms with van der Waals surface area (Å²) in [7, 11) is 0. The SMILES string of the molecule is CC[C@H]1C[C@@H](c2ccnc(C)c2)[C@@H]1CO. The van der Waals surface area contributed by atoms with Gasteiger partial charge in [0, 0.05) is 18.5 Å². The largest absolute Gasteiger partial charge is 0.396 e. The van der Waals surface area contributed by atoms with Crippen LogP contribution in [0.25, 0.3) is 0 Å². The lowest BCUT2D eigenvalue weighted by Gasteiger charge is -2.44. The van der Waals surface area contributed by atoms with Crippen molar-refractivity contribution in [2.75, 3.05) is 6.61 Å². The van der Waals surface area contributed by atoms with Gasteiger partial charge in [0.15, 0.2) is 0 Å². The molecule has 0 amide bonds. The number of aromatic nitrogens is 1. The molecule has 1 aliphatic rings. The summed E-state index contributed by atoms with van der Waals surface area (Å²) in [6, 6.07) is 4.24. The first kappa shape index (κ1) is 10.6. The highest BCUT2D eigenvalue weighted by Crippen LogP contribution is 2.48. The van der Waals surface area contributed by atoms with Gasteiger partial charge in [-0.15, -0.1) is 0 Å². The molecule has 1 fully saturated rings. The minimum Gasteiger partial charge on any atom is -0.396 e. The molecule has 0 aromatic carbocycles. The van der Waals surface area contributed by atoms with Crippen LogP contribution >= 0.6 is 0 Å². The van der Waals surface area contributed by atoms with Crippen LogP contribution in [0.4, 0.5) is 0 Å². The third-order valence-electron chi connectivity index (χ3n) is 3.76. The van der Waals surface area contributed by atoms with E-state index in [0.29, 0.717) is 24.4 Å². The molecule has 0 aliphatic heterocycles. The van der Waals surface area contributed by atoms with E-state index in [1.165, 1.54) is 18.4 Å². The maximum atomic E-state index is 9.37. The van der Waals surface area contributed by atoms with E-state index in [-0.39, 0.29) is 0 Å². The van der Waals surface area contributed by atoms with Crippen molar-refractivity contribution in [3.05, 3.63) is 29.6 Å². The van der Waals surface area contributed by atoms with Gasteiger partial charge in [-0.1, -0.05) is 13.3 Å². The molecule has 82 valence electrons. The second kappa shape index (κ2) is 4.31. The number of hydrogen-bond acceptors (Lipinski definition) is 2. The molecule has 2 heteroatoms. The molecule has 0 bridgehead atoms.